The summed E-state index contributed by atoms with van der Waals surface area (Å²) in [6, 6.07) is 18.6. The minimum Gasteiger partial charge on any atom is -0.466 e. The van der Waals surface area contributed by atoms with Gasteiger partial charge in [-0.3, -0.25) is 14.5 Å². The molecular formula is C31H33N3O3S2. The second-order valence-corrected chi connectivity index (χ2v) is 11.7. The number of thiocarbonyl (C=S) groups is 1. The summed E-state index contributed by atoms with van der Waals surface area (Å²) < 4.78 is 5.85. The van der Waals surface area contributed by atoms with E-state index in [9.17, 15) is 9.59 Å². The van der Waals surface area contributed by atoms with E-state index in [0.717, 1.165) is 53.5 Å². The lowest BCUT2D eigenvalue weighted by molar-refractivity contribution is -0.148. The zero-order valence-corrected chi connectivity index (χ0v) is 24.0. The first-order valence-electron chi connectivity index (χ1n) is 13.6. The molecule has 6 nitrogen and oxygen atoms in total. The number of hydrogen-bond donors (Lipinski definition) is 0. The molecule has 1 amide bonds. The number of hydrogen-bond acceptors (Lipinski definition) is 7. The van der Waals surface area contributed by atoms with Crippen LogP contribution < -0.4 is 4.90 Å². The second-order valence-electron chi connectivity index (χ2n) is 9.98. The summed E-state index contributed by atoms with van der Waals surface area (Å²) >= 11 is 6.97. The van der Waals surface area contributed by atoms with Gasteiger partial charge in [0.25, 0.3) is 5.91 Å². The van der Waals surface area contributed by atoms with Gasteiger partial charge >= 0.3 is 5.97 Å². The molecule has 2 fully saturated rings. The number of carbonyl (C=O) groups excluding carboxylic acids is 2. The maximum absolute atomic E-state index is 13.4. The quantitative estimate of drug-likeness (QED) is 0.186. The largest absolute Gasteiger partial charge is 0.466 e. The number of fused-ring (bicyclic) bond motifs is 1. The van der Waals surface area contributed by atoms with Crippen LogP contribution in [-0.2, 0) is 20.7 Å². The number of ether oxygens (including phenoxy) is 1. The van der Waals surface area contributed by atoms with Crippen LogP contribution in [0.3, 0.4) is 0 Å². The summed E-state index contributed by atoms with van der Waals surface area (Å²) in [6.45, 7) is 6.31. The number of piperidine rings is 1. The van der Waals surface area contributed by atoms with Crippen molar-refractivity contribution < 1.29 is 14.3 Å². The maximum atomic E-state index is 13.4. The Kier molecular flexibility index (Phi) is 8.63. The van der Waals surface area contributed by atoms with E-state index in [2.05, 4.69) is 42.2 Å². The van der Waals surface area contributed by atoms with Crippen LogP contribution in [-0.4, -0.2) is 52.3 Å². The highest BCUT2D eigenvalue weighted by atomic mass is 32.2. The molecule has 0 N–H and O–H groups in total. The van der Waals surface area contributed by atoms with Crippen molar-refractivity contribution in [1.29, 1.82) is 0 Å². The van der Waals surface area contributed by atoms with E-state index in [-0.39, 0.29) is 17.8 Å². The number of para-hydroxylation sites is 1. The number of thioether (sulfide) groups is 1. The number of amides is 1. The van der Waals surface area contributed by atoms with Gasteiger partial charge in [0.2, 0.25) is 0 Å². The molecule has 2 aliphatic heterocycles. The van der Waals surface area contributed by atoms with E-state index in [0.29, 0.717) is 35.5 Å². The number of carbonyl (C=O) groups is 2. The Balaban J connectivity index is 1.38. The molecule has 2 aliphatic rings. The Morgan fingerprint density at radius 3 is 2.67 bits per heavy atom. The van der Waals surface area contributed by atoms with Crippen LogP contribution in [0.25, 0.3) is 17.0 Å². The molecule has 1 aromatic heterocycles. The first-order chi connectivity index (χ1) is 18.9. The highest BCUT2D eigenvalue weighted by Gasteiger charge is 2.33. The van der Waals surface area contributed by atoms with E-state index in [4.69, 9.17) is 21.9 Å². The Morgan fingerprint density at radius 1 is 1.15 bits per heavy atom. The van der Waals surface area contributed by atoms with Crippen LogP contribution in [0, 0.1) is 12.8 Å². The smallest absolute Gasteiger partial charge is 0.309 e. The summed E-state index contributed by atoms with van der Waals surface area (Å²) in [4.78, 5) is 35.4. The molecule has 3 aromatic rings. The van der Waals surface area contributed by atoms with Gasteiger partial charge in [-0.15, -0.1) is 0 Å². The molecular weight excluding hydrogens is 526 g/mol. The number of aryl methyl sites for hydroxylation is 2. The molecule has 0 atom stereocenters. The molecule has 5 rings (SSSR count). The Hall–Kier alpha value is -3.23. The summed E-state index contributed by atoms with van der Waals surface area (Å²) in [5.41, 5.74) is 4.21. The fraction of sp³-hybridized carbons (Fsp3) is 0.355. The Morgan fingerprint density at radius 2 is 1.92 bits per heavy atom. The first kappa shape index (κ1) is 27.3. The standard InChI is InChI=1S/C31H33N3O3S2/c1-3-37-30(36)23-14-17-33(18-15-23)28-25(19-24-13-7-9-21(2)27(24)32-28)20-26-29(35)34(31(38)39-26)16-8-12-22-10-5-4-6-11-22/h4-7,9-11,13,19-20,23H,3,8,12,14-18H2,1-2H3/b26-20-. The van der Waals surface area contributed by atoms with Crippen molar-refractivity contribution in [2.75, 3.05) is 31.1 Å². The summed E-state index contributed by atoms with van der Waals surface area (Å²) in [7, 11) is 0. The molecule has 0 saturated carbocycles. The van der Waals surface area contributed by atoms with Gasteiger partial charge in [0.15, 0.2) is 0 Å². The molecule has 202 valence electrons. The van der Waals surface area contributed by atoms with Crippen molar-refractivity contribution in [2.24, 2.45) is 5.92 Å². The molecule has 0 unspecified atom stereocenters. The maximum Gasteiger partial charge on any atom is 0.309 e. The van der Waals surface area contributed by atoms with E-state index < -0.39 is 0 Å². The Labute approximate surface area is 239 Å². The molecule has 0 spiro atoms. The van der Waals surface area contributed by atoms with Crippen LogP contribution in [0.2, 0.25) is 0 Å². The fourth-order valence-corrected chi connectivity index (χ4v) is 6.52. The van der Waals surface area contributed by atoms with Crippen molar-refractivity contribution in [3.8, 4) is 0 Å². The van der Waals surface area contributed by atoms with Crippen LogP contribution in [0.4, 0.5) is 5.82 Å². The number of pyridine rings is 1. The van der Waals surface area contributed by atoms with Gasteiger partial charge in [0, 0.05) is 30.6 Å². The van der Waals surface area contributed by atoms with Crippen LogP contribution in [0.15, 0.2) is 59.5 Å². The highest BCUT2D eigenvalue weighted by Crippen LogP contribution is 2.36. The number of aromatic nitrogens is 1. The van der Waals surface area contributed by atoms with Crippen LogP contribution in [0.5, 0.6) is 0 Å². The monoisotopic (exact) mass is 559 g/mol. The van der Waals surface area contributed by atoms with Crippen LogP contribution in [0.1, 0.15) is 42.9 Å². The second kappa shape index (κ2) is 12.3. The zero-order chi connectivity index (χ0) is 27.4. The van der Waals surface area contributed by atoms with Crippen molar-refractivity contribution in [3.05, 3.63) is 76.2 Å². The van der Waals surface area contributed by atoms with Gasteiger partial charge in [0.05, 0.1) is 22.9 Å². The summed E-state index contributed by atoms with van der Waals surface area (Å²) in [5.74, 6) is 0.595. The zero-order valence-electron chi connectivity index (χ0n) is 22.4. The van der Waals surface area contributed by atoms with Crippen molar-refractivity contribution >= 4 is 63.0 Å². The SMILES string of the molecule is CCOC(=O)C1CCN(c2nc3c(C)cccc3cc2/C=C2\SC(=S)N(CCCc3ccccc3)C2=O)CC1. The van der Waals surface area contributed by atoms with Gasteiger partial charge in [-0.25, -0.2) is 4.98 Å². The lowest BCUT2D eigenvalue weighted by Gasteiger charge is -2.33. The first-order valence-corrected chi connectivity index (χ1v) is 14.8. The molecule has 2 aromatic carbocycles. The number of benzene rings is 2. The van der Waals surface area contributed by atoms with Gasteiger partial charge in [0.1, 0.15) is 10.1 Å². The molecule has 0 aliphatic carbocycles. The molecule has 3 heterocycles. The minimum atomic E-state index is -0.115. The molecule has 0 bridgehead atoms. The number of esters is 1. The molecule has 2 saturated heterocycles. The lowest BCUT2D eigenvalue weighted by atomic mass is 9.96. The number of rotatable bonds is 8. The summed E-state index contributed by atoms with van der Waals surface area (Å²) in [6.07, 6.45) is 5.13. The normalized spacial score (nSPS) is 17.4. The third kappa shape index (κ3) is 6.17. The van der Waals surface area contributed by atoms with E-state index in [1.807, 2.05) is 37.3 Å². The molecule has 8 heteroatoms. The molecule has 0 radical (unpaired) electrons. The third-order valence-corrected chi connectivity index (χ3v) is 8.70. The number of anilines is 1. The lowest BCUT2D eigenvalue weighted by Crippen LogP contribution is -2.37. The predicted molar refractivity (Wildman–Crippen MR) is 163 cm³/mol. The van der Waals surface area contributed by atoms with Crippen molar-refractivity contribution in [3.63, 3.8) is 0 Å². The van der Waals surface area contributed by atoms with E-state index >= 15 is 0 Å². The summed E-state index contributed by atoms with van der Waals surface area (Å²) in [5, 5.41) is 1.03. The topological polar surface area (TPSA) is 62.7 Å². The predicted octanol–water partition coefficient (Wildman–Crippen LogP) is 6.16. The van der Waals surface area contributed by atoms with E-state index in [1.165, 1.54) is 17.3 Å². The van der Waals surface area contributed by atoms with Crippen LogP contribution >= 0.6 is 24.0 Å². The average molecular weight is 560 g/mol. The van der Waals surface area contributed by atoms with Crippen molar-refractivity contribution in [1.82, 2.24) is 9.88 Å². The minimum absolute atomic E-state index is 0.0469. The average Bonchev–Trinajstić information content (AvgIpc) is 3.21. The number of nitrogens with zero attached hydrogens (tertiary/aromatic N) is 3. The molecule has 39 heavy (non-hydrogen) atoms. The van der Waals surface area contributed by atoms with Crippen molar-refractivity contribution in [2.45, 2.75) is 39.5 Å². The van der Waals surface area contributed by atoms with Gasteiger partial charge in [-0.1, -0.05) is 72.5 Å². The van der Waals surface area contributed by atoms with Gasteiger partial charge < -0.3 is 9.64 Å². The fourth-order valence-electron chi connectivity index (χ4n) is 5.22. The highest BCUT2D eigenvalue weighted by molar-refractivity contribution is 8.26. The van der Waals surface area contributed by atoms with Gasteiger partial charge in [-0.2, -0.15) is 0 Å². The third-order valence-electron chi connectivity index (χ3n) is 7.32. The van der Waals surface area contributed by atoms with E-state index in [1.54, 1.807) is 4.90 Å². The Bertz CT molecular complexity index is 1420. The van der Waals surface area contributed by atoms with Gasteiger partial charge in [-0.05, 0) is 62.8 Å².